The number of halogens is 3. The van der Waals surface area contributed by atoms with Gasteiger partial charge in [-0.2, -0.15) is 13.2 Å². The van der Waals surface area contributed by atoms with E-state index in [1.54, 1.807) is 20.4 Å². The van der Waals surface area contributed by atoms with Crippen molar-refractivity contribution in [3.63, 3.8) is 0 Å². The molecule has 234 valence electrons. The average molecular weight is 615 g/mol. The Labute approximate surface area is 251 Å². The van der Waals surface area contributed by atoms with Crippen LogP contribution in [0.2, 0.25) is 0 Å². The van der Waals surface area contributed by atoms with Crippen molar-refractivity contribution in [1.29, 1.82) is 0 Å². The van der Waals surface area contributed by atoms with Crippen LogP contribution in [-0.4, -0.2) is 53.2 Å². The first-order valence-corrected chi connectivity index (χ1v) is 13.9. The summed E-state index contributed by atoms with van der Waals surface area (Å²) in [6.07, 6.45) is -2.25. The molecule has 2 heterocycles. The molecule has 1 amide bonds. The second-order valence-electron chi connectivity index (χ2n) is 10.2. The number of rotatable bonds is 13. The predicted octanol–water partition coefficient (Wildman–Crippen LogP) is 5.87. The Hall–Kier alpha value is -4.81. The number of unbranched alkanes of at least 4 members (excludes halogenated alkanes) is 2. The lowest BCUT2D eigenvalue weighted by atomic mass is 10.0. The Morgan fingerprint density at radius 2 is 1.73 bits per heavy atom. The molecule has 4 rings (SSSR count). The predicted molar refractivity (Wildman–Crippen MR) is 155 cm³/mol. The summed E-state index contributed by atoms with van der Waals surface area (Å²) in [6, 6.07) is 12.5. The summed E-state index contributed by atoms with van der Waals surface area (Å²) in [5.41, 5.74) is 4.12. The maximum Gasteiger partial charge on any atom is 0.491 e. The number of aromatic amines is 2. The van der Waals surface area contributed by atoms with Gasteiger partial charge in [0.25, 0.3) is 0 Å². The molecule has 2 aromatic heterocycles. The van der Waals surface area contributed by atoms with Gasteiger partial charge >= 0.3 is 18.1 Å². The normalized spacial score (nSPS) is 12.1. The van der Waals surface area contributed by atoms with Crippen LogP contribution in [0.4, 0.5) is 13.2 Å². The lowest BCUT2D eigenvalue weighted by Crippen LogP contribution is -2.30. The zero-order valence-corrected chi connectivity index (χ0v) is 24.5. The summed E-state index contributed by atoms with van der Waals surface area (Å²) in [7, 11) is 3.15. The van der Waals surface area contributed by atoms with E-state index in [2.05, 4.69) is 25.0 Å². The molecule has 0 unspecified atom stereocenters. The highest BCUT2D eigenvalue weighted by Crippen LogP contribution is 2.28. The first-order chi connectivity index (χ1) is 21.0. The Kier molecular flexibility index (Phi) is 10.3. The summed E-state index contributed by atoms with van der Waals surface area (Å²) in [5.74, 6) is -2.15. The minimum atomic E-state index is -5.23. The molecule has 0 saturated heterocycles. The summed E-state index contributed by atoms with van der Waals surface area (Å²) in [5, 5.41) is 3.94. The molecular formula is C31H33F3N4O6. The van der Waals surface area contributed by atoms with Gasteiger partial charge in [0.1, 0.15) is 17.3 Å². The van der Waals surface area contributed by atoms with Crippen LogP contribution in [0.1, 0.15) is 55.2 Å². The van der Waals surface area contributed by atoms with E-state index in [0.717, 1.165) is 33.4 Å². The van der Waals surface area contributed by atoms with Gasteiger partial charge in [0, 0.05) is 28.6 Å². The van der Waals surface area contributed by atoms with Crippen LogP contribution in [-0.2, 0) is 25.5 Å². The van der Waals surface area contributed by atoms with E-state index in [-0.39, 0.29) is 25.2 Å². The molecule has 0 saturated carbocycles. The van der Waals surface area contributed by atoms with Crippen LogP contribution in [0, 0.1) is 6.92 Å². The number of nitrogens with zero attached hydrogens (tertiary/aromatic N) is 1. The van der Waals surface area contributed by atoms with Gasteiger partial charge in [0.15, 0.2) is 0 Å². The van der Waals surface area contributed by atoms with Crippen molar-refractivity contribution in [2.45, 2.75) is 57.7 Å². The largest absolute Gasteiger partial charge is 0.497 e. The summed E-state index contributed by atoms with van der Waals surface area (Å²) in [6.45, 7) is 1.90. The fourth-order valence-electron chi connectivity index (χ4n) is 4.86. The first kappa shape index (κ1) is 32.1. The van der Waals surface area contributed by atoms with Crippen LogP contribution in [0.25, 0.3) is 22.2 Å². The zero-order chi connectivity index (χ0) is 31.9. The summed E-state index contributed by atoms with van der Waals surface area (Å²) < 4.78 is 51.5. The topological polar surface area (TPSA) is 135 Å². The van der Waals surface area contributed by atoms with Crippen LogP contribution in [0.5, 0.6) is 11.5 Å². The Balaban J connectivity index is 1.45. The van der Waals surface area contributed by atoms with Crippen LogP contribution in [0.15, 0.2) is 48.7 Å². The van der Waals surface area contributed by atoms with Crippen molar-refractivity contribution in [1.82, 2.24) is 20.3 Å². The number of benzene rings is 2. The molecule has 0 spiro atoms. The number of methoxy groups -OCH3 is 2. The molecule has 0 aliphatic rings. The minimum Gasteiger partial charge on any atom is -0.497 e. The molecule has 13 heteroatoms. The third-order valence-corrected chi connectivity index (χ3v) is 7.12. The summed E-state index contributed by atoms with van der Waals surface area (Å²) in [4.78, 5) is 46.9. The second kappa shape index (κ2) is 14.1. The number of ether oxygens (including phenoxy) is 3. The SMILES string of the molecule is COc1cccc(-c2cnc([C@H](CCCCCC(=O)OC(=O)C(F)(F)F)NC(=O)Cc3c(C)[nH]c4ccc(OC)cc34)[nH]2)c1. The van der Waals surface area contributed by atoms with Gasteiger partial charge in [-0.3, -0.25) is 9.59 Å². The van der Waals surface area contributed by atoms with Crippen molar-refractivity contribution in [2.75, 3.05) is 14.2 Å². The average Bonchev–Trinajstić information content (AvgIpc) is 3.60. The van der Waals surface area contributed by atoms with E-state index in [9.17, 15) is 27.6 Å². The van der Waals surface area contributed by atoms with Crippen LogP contribution in [0.3, 0.4) is 0 Å². The van der Waals surface area contributed by atoms with Crippen molar-refractivity contribution < 1.29 is 41.8 Å². The van der Waals surface area contributed by atoms with Gasteiger partial charge in [-0.1, -0.05) is 25.0 Å². The molecule has 0 radical (unpaired) electrons. The molecule has 2 aromatic carbocycles. The van der Waals surface area contributed by atoms with E-state index in [0.29, 0.717) is 36.6 Å². The number of nitrogens with one attached hydrogen (secondary N) is 3. The lowest BCUT2D eigenvalue weighted by Gasteiger charge is -2.17. The van der Waals surface area contributed by atoms with Crippen molar-refractivity contribution in [3.8, 4) is 22.8 Å². The van der Waals surface area contributed by atoms with E-state index in [1.807, 2.05) is 49.4 Å². The maximum atomic E-state index is 13.4. The van der Waals surface area contributed by atoms with E-state index in [4.69, 9.17) is 9.47 Å². The van der Waals surface area contributed by atoms with E-state index >= 15 is 0 Å². The molecule has 1 atom stereocenters. The molecule has 0 aliphatic heterocycles. The van der Waals surface area contributed by atoms with Crippen LogP contribution < -0.4 is 14.8 Å². The smallest absolute Gasteiger partial charge is 0.491 e. The van der Waals surface area contributed by atoms with Gasteiger partial charge in [0.2, 0.25) is 5.91 Å². The first-order valence-electron chi connectivity index (χ1n) is 13.9. The highest BCUT2D eigenvalue weighted by atomic mass is 19.4. The fraction of sp³-hybridized carbons (Fsp3) is 0.355. The van der Waals surface area contributed by atoms with E-state index in [1.165, 1.54) is 0 Å². The summed E-state index contributed by atoms with van der Waals surface area (Å²) >= 11 is 0. The molecule has 10 nitrogen and oxygen atoms in total. The number of H-pyrrole nitrogens is 2. The molecule has 44 heavy (non-hydrogen) atoms. The van der Waals surface area contributed by atoms with Gasteiger partial charge < -0.3 is 29.5 Å². The third-order valence-electron chi connectivity index (χ3n) is 7.12. The number of imidazole rings is 1. The molecule has 3 N–H and O–H groups in total. The number of fused-ring (bicyclic) bond motifs is 1. The van der Waals surface area contributed by atoms with Crippen molar-refractivity contribution in [2.24, 2.45) is 0 Å². The molecule has 4 aromatic rings. The second-order valence-corrected chi connectivity index (χ2v) is 10.2. The standard InChI is InChI=1S/C31H33F3N4O6/c1-18-22(23-15-21(43-3)12-13-24(23)36-18)16-27(39)37-25(10-5-4-6-11-28(40)44-30(41)31(32,33)34)29-35-17-26(38-29)19-8-7-9-20(14-19)42-2/h7-9,12-15,17,25,36H,4-6,10-11,16H2,1-3H3,(H,35,38)(H,37,39)/t25-/m0/s1. The van der Waals surface area contributed by atoms with Gasteiger partial charge in [-0.05, 0) is 55.7 Å². The van der Waals surface area contributed by atoms with Gasteiger partial charge in [-0.25, -0.2) is 9.78 Å². The number of hydrogen-bond acceptors (Lipinski definition) is 7. The fourth-order valence-corrected chi connectivity index (χ4v) is 4.86. The number of hydrogen-bond donors (Lipinski definition) is 3. The monoisotopic (exact) mass is 614 g/mol. The number of esters is 2. The van der Waals surface area contributed by atoms with Crippen molar-refractivity contribution >= 4 is 28.7 Å². The number of alkyl halides is 3. The highest BCUT2D eigenvalue weighted by Gasteiger charge is 2.42. The Morgan fingerprint density at radius 1 is 0.977 bits per heavy atom. The number of aryl methyl sites for hydroxylation is 1. The molecule has 0 fully saturated rings. The quantitative estimate of drug-likeness (QED) is 0.0974. The minimum absolute atomic E-state index is 0.0953. The number of carbonyl (C=O) groups excluding carboxylic acids is 3. The van der Waals surface area contributed by atoms with Crippen molar-refractivity contribution in [3.05, 3.63) is 65.7 Å². The molecule has 0 bridgehead atoms. The van der Waals surface area contributed by atoms with E-state index < -0.39 is 24.2 Å². The maximum absolute atomic E-state index is 13.4. The number of aromatic nitrogens is 3. The Bertz CT molecular complexity index is 1630. The lowest BCUT2D eigenvalue weighted by molar-refractivity contribution is -0.201. The zero-order valence-electron chi connectivity index (χ0n) is 24.5. The van der Waals surface area contributed by atoms with Crippen LogP contribution >= 0.6 is 0 Å². The number of amides is 1. The van der Waals surface area contributed by atoms with Gasteiger partial charge in [-0.15, -0.1) is 0 Å². The third kappa shape index (κ3) is 8.17. The molecule has 0 aliphatic carbocycles. The van der Waals surface area contributed by atoms with Gasteiger partial charge in [0.05, 0.1) is 38.6 Å². The Morgan fingerprint density at radius 3 is 2.45 bits per heavy atom. The number of carbonyl (C=O) groups is 3. The highest BCUT2D eigenvalue weighted by molar-refractivity contribution is 5.91. The molecular weight excluding hydrogens is 581 g/mol.